The van der Waals surface area contributed by atoms with Crippen LogP contribution in [-0.4, -0.2) is 54.9 Å². The quantitative estimate of drug-likeness (QED) is 0.649. The highest BCUT2D eigenvalue weighted by Crippen LogP contribution is 2.49. The van der Waals surface area contributed by atoms with E-state index in [1.54, 1.807) is 4.90 Å². The number of fused-ring (bicyclic) bond motifs is 1. The van der Waals surface area contributed by atoms with Gasteiger partial charge in [0.05, 0.1) is 23.0 Å². The summed E-state index contributed by atoms with van der Waals surface area (Å²) in [4.78, 5) is 48.3. The molecule has 3 N–H and O–H groups in total. The van der Waals surface area contributed by atoms with Crippen molar-refractivity contribution < 1.29 is 14.4 Å². The highest BCUT2D eigenvalue weighted by atomic mass is 16.2. The lowest BCUT2D eigenvalue weighted by Gasteiger charge is -2.52. The van der Waals surface area contributed by atoms with Gasteiger partial charge in [0.1, 0.15) is 11.9 Å². The van der Waals surface area contributed by atoms with Crippen LogP contribution in [0.15, 0.2) is 36.5 Å². The molecule has 1 atom stereocenters. The Morgan fingerprint density at radius 1 is 0.971 bits per heavy atom. The van der Waals surface area contributed by atoms with Crippen LogP contribution < -0.4 is 25.8 Å². The summed E-state index contributed by atoms with van der Waals surface area (Å²) in [7, 11) is 0. The third kappa shape index (κ3) is 3.36. The van der Waals surface area contributed by atoms with Gasteiger partial charge in [0.15, 0.2) is 0 Å². The molecule has 3 fully saturated rings. The van der Waals surface area contributed by atoms with E-state index in [1.165, 1.54) is 0 Å². The molecule has 9 nitrogen and oxygen atoms in total. The lowest BCUT2D eigenvalue weighted by molar-refractivity contribution is -0.136. The zero-order valence-electron chi connectivity index (χ0n) is 20.0. The van der Waals surface area contributed by atoms with Gasteiger partial charge in [-0.1, -0.05) is 6.07 Å². The minimum Gasteiger partial charge on any atom is -0.384 e. The van der Waals surface area contributed by atoms with Gasteiger partial charge >= 0.3 is 0 Å². The Morgan fingerprint density at radius 2 is 1.66 bits per heavy atom. The van der Waals surface area contributed by atoms with E-state index in [1.807, 2.05) is 44.3 Å². The summed E-state index contributed by atoms with van der Waals surface area (Å²) in [6.07, 6.45) is 2.43. The van der Waals surface area contributed by atoms with Crippen LogP contribution >= 0.6 is 0 Å². The van der Waals surface area contributed by atoms with Crippen molar-refractivity contribution in [2.75, 3.05) is 46.6 Å². The van der Waals surface area contributed by atoms with E-state index in [4.69, 9.17) is 5.73 Å². The van der Waals surface area contributed by atoms with E-state index in [-0.39, 0.29) is 18.2 Å². The zero-order chi connectivity index (χ0) is 24.5. The Morgan fingerprint density at radius 3 is 2.31 bits per heavy atom. The van der Waals surface area contributed by atoms with Crippen molar-refractivity contribution in [1.82, 2.24) is 10.3 Å². The average molecular weight is 475 g/mol. The number of carbonyl (C=O) groups is 3. The maximum Gasteiger partial charge on any atom is 0.249 e. The molecule has 9 heteroatoms. The standard InChI is InChI=1S/C26H30N6O3/c1-26(2)23-18(4-3-5-19(23)32(25(26)35)20-7-9-22(33)29-24(20)34)31-13-16(14-31)15-11-30(12-15)17-6-8-21(27)28-10-17/h3-6,8,10,15-16,20H,7,9,11-14H2,1-2H3,(H2,27,28)(H,29,33,34). The molecule has 0 saturated carbocycles. The molecule has 3 saturated heterocycles. The van der Waals surface area contributed by atoms with Gasteiger partial charge in [0.25, 0.3) is 0 Å². The SMILES string of the molecule is CC1(C)C(=O)N(C2CCC(=O)NC2=O)c2cccc(N3CC(C4CN(c5ccc(N)nc5)C4)C3)c21. The van der Waals surface area contributed by atoms with Gasteiger partial charge in [-0.25, -0.2) is 4.98 Å². The summed E-state index contributed by atoms with van der Waals surface area (Å²) >= 11 is 0. The number of amides is 3. The van der Waals surface area contributed by atoms with Crippen LogP contribution in [0.1, 0.15) is 32.3 Å². The van der Waals surface area contributed by atoms with Crippen molar-refractivity contribution in [1.29, 1.82) is 0 Å². The van der Waals surface area contributed by atoms with Crippen molar-refractivity contribution in [3.8, 4) is 0 Å². The number of hydrogen-bond acceptors (Lipinski definition) is 7. The van der Waals surface area contributed by atoms with Crippen molar-refractivity contribution in [3.63, 3.8) is 0 Å². The molecule has 6 rings (SSSR count). The van der Waals surface area contributed by atoms with Gasteiger partial charge < -0.3 is 15.5 Å². The van der Waals surface area contributed by atoms with Gasteiger partial charge in [0.2, 0.25) is 17.7 Å². The molecule has 2 aromatic rings. The third-order valence-corrected chi connectivity index (χ3v) is 8.14. The lowest BCUT2D eigenvalue weighted by atomic mass is 9.78. The fourth-order valence-electron chi connectivity index (χ4n) is 6.00. The highest BCUT2D eigenvalue weighted by molar-refractivity contribution is 6.14. The van der Waals surface area contributed by atoms with E-state index in [0.717, 1.165) is 48.8 Å². The highest BCUT2D eigenvalue weighted by Gasteiger charge is 2.51. The zero-order valence-corrected chi connectivity index (χ0v) is 20.0. The Hall–Kier alpha value is -3.62. The normalized spacial score (nSPS) is 24.2. The van der Waals surface area contributed by atoms with Crippen LogP contribution in [0.2, 0.25) is 0 Å². The van der Waals surface area contributed by atoms with Crippen molar-refractivity contribution in [2.24, 2.45) is 11.8 Å². The maximum absolute atomic E-state index is 13.5. The minimum atomic E-state index is -0.742. The van der Waals surface area contributed by atoms with E-state index in [2.05, 4.69) is 26.2 Å². The first-order valence-corrected chi connectivity index (χ1v) is 12.3. The smallest absolute Gasteiger partial charge is 0.249 e. The number of pyridine rings is 1. The molecule has 3 amide bonds. The minimum absolute atomic E-state index is 0.0849. The number of piperidine rings is 1. The first-order chi connectivity index (χ1) is 16.7. The van der Waals surface area contributed by atoms with Crippen molar-refractivity contribution >= 4 is 40.6 Å². The van der Waals surface area contributed by atoms with Crippen LogP contribution in [0, 0.1) is 11.8 Å². The second-order valence-electron chi connectivity index (χ2n) is 10.7. The Labute approximate surface area is 204 Å². The fraction of sp³-hybridized carbons (Fsp3) is 0.462. The number of imide groups is 1. The number of carbonyl (C=O) groups excluding carboxylic acids is 3. The Balaban J connectivity index is 1.18. The van der Waals surface area contributed by atoms with Gasteiger partial charge in [-0.3, -0.25) is 24.6 Å². The number of nitrogen functional groups attached to an aromatic ring is 1. The molecule has 5 heterocycles. The second kappa shape index (κ2) is 7.69. The Bertz CT molecular complexity index is 1210. The van der Waals surface area contributed by atoms with Crippen molar-refractivity contribution in [2.45, 2.75) is 38.1 Å². The first kappa shape index (κ1) is 21.9. The van der Waals surface area contributed by atoms with Crippen molar-refractivity contribution in [3.05, 3.63) is 42.1 Å². The molecule has 1 aromatic heterocycles. The van der Waals surface area contributed by atoms with Crippen LogP contribution in [0.5, 0.6) is 0 Å². The van der Waals surface area contributed by atoms with E-state index < -0.39 is 17.4 Å². The number of nitrogens with zero attached hydrogens (tertiary/aromatic N) is 4. The Kier molecular flexibility index (Phi) is 4.81. The van der Waals surface area contributed by atoms with Gasteiger partial charge in [-0.05, 0) is 44.5 Å². The summed E-state index contributed by atoms with van der Waals surface area (Å²) in [6, 6.07) is 9.19. The van der Waals surface area contributed by atoms with Gasteiger partial charge in [-0.15, -0.1) is 0 Å². The predicted molar refractivity (Wildman–Crippen MR) is 133 cm³/mol. The molecule has 182 valence electrons. The number of benzene rings is 1. The summed E-state index contributed by atoms with van der Waals surface area (Å²) in [6.45, 7) is 7.82. The summed E-state index contributed by atoms with van der Waals surface area (Å²) < 4.78 is 0. The van der Waals surface area contributed by atoms with Gasteiger partial charge in [0, 0.05) is 55.7 Å². The summed E-state index contributed by atoms with van der Waals surface area (Å²) in [5.41, 5.74) is 8.92. The fourth-order valence-corrected chi connectivity index (χ4v) is 6.00. The number of anilines is 4. The average Bonchev–Trinajstić information content (AvgIpc) is 2.96. The summed E-state index contributed by atoms with van der Waals surface area (Å²) in [5, 5.41) is 2.40. The van der Waals surface area contributed by atoms with Gasteiger partial charge in [-0.2, -0.15) is 0 Å². The largest absolute Gasteiger partial charge is 0.384 e. The predicted octanol–water partition coefficient (Wildman–Crippen LogP) is 1.67. The molecule has 35 heavy (non-hydrogen) atoms. The second-order valence-corrected chi connectivity index (χ2v) is 10.7. The molecule has 0 bridgehead atoms. The molecule has 4 aliphatic rings. The van der Waals surface area contributed by atoms with Crippen LogP contribution in [0.3, 0.4) is 0 Å². The number of rotatable bonds is 4. The topological polar surface area (TPSA) is 112 Å². The monoisotopic (exact) mass is 474 g/mol. The molecule has 1 unspecified atom stereocenters. The number of hydrogen-bond donors (Lipinski definition) is 2. The number of aromatic nitrogens is 1. The molecule has 0 radical (unpaired) electrons. The number of nitrogens with two attached hydrogens (primary N) is 1. The molecule has 0 spiro atoms. The molecule has 0 aliphatic carbocycles. The van der Waals surface area contributed by atoms with Crippen LogP contribution in [-0.2, 0) is 19.8 Å². The maximum atomic E-state index is 13.5. The number of nitrogens with one attached hydrogen (secondary N) is 1. The molecular weight excluding hydrogens is 444 g/mol. The van der Waals surface area contributed by atoms with Crippen LogP contribution in [0.4, 0.5) is 22.9 Å². The molecule has 4 aliphatic heterocycles. The third-order valence-electron chi connectivity index (χ3n) is 8.14. The molecular formula is C26H30N6O3. The first-order valence-electron chi connectivity index (χ1n) is 12.3. The van der Waals surface area contributed by atoms with E-state index >= 15 is 0 Å². The molecule has 1 aromatic carbocycles. The summed E-state index contributed by atoms with van der Waals surface area (Å²) in [5.74, 6) is 1.02. The van der Waals surface area contributed by atoms with E-state index in [0.29, 0.717) is 24.1 Å². The lowest BCUT2D eigenvalue weighted by Crippen LogP contribution is -2.60. The van der Waals surface area contributed by atoms with Crippen LogP contribution in [0.25, 0.3) is 0 Å². The van der Waals surface area contributed by atoms with E-state index in [9.17, 15) is 14.4 Å².